The van der Waals surface area contributed by atoms with E-state index in [1.165, 1.54) is 10.4 Å². The number of benzene rings is 1. The Morgan fingerprint density at radius 2 is 1.84 bits per heavy atom. The Bertz CT molecular complexity index is 1200. The fourth-order valence-electron chi connectivity index (χ4n) is 4.47. The lowest BCUT2D eigenvalue weighted by atomic mass is 9.99. The second-order valence-corrected chi connectivity index (χ2v) is 11.8. The molecule has 0 amide bonds. The van der Waals surface area contributed by atoms with Crippen molar-refractivity contribution < 1.29 is 31.4 Å². The van der Waals surface area contributed by atoms with E-state index in [0.717, 1.165) is 12.4 Å². The topological polar surface area (TPSA) is 99.1 Å². The third kappa shape index (κ3) is 5.73. The number of thiol groups is 1. The van der Waals surface area contributed by atoms with Gasteiger partial charge in [0, 0.05) is 61.6 Å². The number of piperazine rings is 1. The van der Waals surface area contributed by atoms with Crippen LogP contribution in [0.2, 0.25) is 0 Å². The summed E-state index contributed by atoms with van der Waals surface area (Å²) in [5, 5.41) is 9.96. The van der Waals surface area contributed by atoms with E-state index >= 15 is 0 Å². The van der Waals surface area contributed by atoms with Crippen LogP contribution in [0.25, 0.3) is 0 Å². The monoisotopic (exact) mass is 561 g/mol. The van der Waals surface area contributed by atoms with Crippen molar-refractivity contribution in [1.82, 2.24) is 19.2 Å². The van der Waals surface area contributed by atoms with Crippen LogP contribution < -0.4 is 4.90 Å². The molecule has 14 heteroatoms. The summed E-state index contributed by atoms with van der Waals surface area (Å²) < 4.78 is 73.6. The largest absolute Gasteiger partial charge is 0.421 e. The van der Waals surface area contributed by atoms with E-state index in [9.17, 15) is 26.7 Å². The second kappa shape index (κ2) is 10.7. The Balaban J connectivity index is 1.62. The molecule has 0 aliphatic carbocycles. The van der Waals surface area contributed by atoms with Crippen LogP contribution in [0.5, 0.6) is 0 Å². The summed E-state index contributed by atoms with van der Waals surface area (Å²) in [5.74, 6) is 0.166. The van der Waals surface area contributed by atoms with E-state index in [1.807, 2.05) is 11.8 Å². The van der Waals surface area contributed by atoms with Gasteiger partial charge in [0.25, 0.3) is 0 Å². The molecule has 3 atom stereocenters. The minimum Gasteiger partial charge on any atom is -0.379 e. The fourth-order valence-corrected chi connectivity index (χ4v) is 6.53. The number of nitrogens with zero attached hydrogens (tertiary/aromatic N) is 5. The summed E-state index contributed by atoms with van der Waals surface area (Å²) in [5.41, 5.74) is -3.57. The number of morpholine rings is 1. The average Bonchev–Trinajstić information content (AvgIpc) is 2.85. The molecule has 2 saturated heterocycles. The van der Waals surface area contributed by atoms with Gasteiger partial charge in [-0.05, 0) is 26.0 Å². The maximum absolute atomic E-state index is 13.5. The highest BCUT2D eigenvalue weighted by Gasteiger charge is 2.51. The molecular formula is C23H30F3N5O4S2. The highest BCUT2D eigenvalue weighted by atomic mass is 32.2. The Morgan fingerprint density at radius 1 is 1.16 bits per heavy atom. The molecule has 204 valence electrons. The average molecular weight is 562 g/mol. The Labute approximate surface area is 219 Å². The minimum absolute atomic E-state index is 0.103. The van der Waals surface area contributed by atoms with Crippen LogP contribution in [0.3, 0.4) is 0 Å². The zero-order chi connectivity index (χ0) is 27.0. The van der Waals surface area contributed by atoms with Crippen molar-refractivity contribution >= 4 is 28.6 Å². The Kier molecular flexibility index (Phi) is 8.08. The highest BCUT2D eigenvalue weighted by Crippen LogP contribution is 2.38. The molecule has 2 aliphatic heterocycles. The molecule has 4 rings (SSSR count). The number of aromatic nitrogens is 2. The van der Waals surface area contributed by atoms with Gasteiger partial charge in [-0.15, -0.1) is 12.6 Å². The van der Waals surface area contributed by atoms with Gasteiger partial charge >= 0.3 is 6.18 Å². The van der Waals surface area contributed by atoms with E-state index in [4.69, 9.17) is 4.74 Å². The predicted molar refractivity (Wildman–Crippen MR) is 133 cm³/mol. The van der Waals surface area contributed by atoms with E-state index in [2.05, 4.69) is 27.5 Å². The molecule has 1 aromatic heterocycles. The van der Waals surface area contributed by atoms with Crippen LogP contribution in [0.15, 0.2) is 46.5 Å². The second-order valence-electron chi connectivity index (χ2n) is 9.44. The summed E-state index contributed by atoms with van der Waals surface area (Å²) in [7, 11) is -3.84. The van der Waals surface area contributed by atoms with Crippen molar-refractivity contribution in [2.45, 2.75) is 47.5 Å². The van der Waals surface area contributed by atoms with Crippen molar-refractivity contribution in [3.05, 3.63) is 42.2 Å². The summed E-state index contributed by atoms with van der Waals surface area (Å²) in [6.07, 6.45) is -2.97. The Hall–Kier alpha value is -1.97. The number of aliphatic hydroxyl groups is 1. The molecule has 3 heterocycles. The predicted octanol–water partition coefficient (Wildman–Crippen LogP) is 2.14. The molecule has 0 radical (unpaired) electrons. The molecule has 0 bridgehead atoms. The molecular weight excluding hydrogens is 531 g/mol. The van der Waals surface area contributed by atoms with E-state index in [-0.39, 0.29) is 42.6 Å². The summed E-state index contributed by atoms with van der Waals surface area (Å²) >= 11 is 4.32. The molecule has 9 nitrogen and oxygen atoms in total. The lowest BCUT2D eigenvalue weighted by molar-refractivity contribution is -0.259. The number of rotatable bonds is 6. The summed E-state index contributed by atoms with van der Waals surface area (Å²) in [6.45, 7) is 5.37. The maximum atomic E-state index is 13.5. The van der Waals surface area contributed by atoms with Crippen molar-refractivity contribution in [3.63, 3.8) is 0 Å². The van der Waals surface area contributed by atoms with Crippen molar-refractivity contribution in [3.8, 4) is 0 Å². The minimum atomic E-state index is -4.89. The van der Waals surface area contributed by atoms with Gasteiger partial charge in [0.15, 0.2) is 5.60 Å². The molecule has 2 aliphatic rings. The smallest absolute Gasteiger partial charge is 0.379 e. The van der Waals surface area contributed by atoms with E-state index in [0.29, 0.717) is 38.1 Å². The molecule has 1 aromatic carbocycles. The van der Waals surface area contributed by atoms with Gasteiger partial charge in [-0.3, -0.25) is 4.90 Å². The molecule has 1 N–H and O–H groups in total. The standard InChI is InChI=1S/C23H30F3N5O4S2/c1-16-15-35-10-9-29(16)13-18-14-30(37(33,34)20-6-4-3-5-19(20)36)7-8-31(18)21-27-11-17(12-28-21)22(2,32)23(24,25)26/h3-6,11-12,16,18,32,36H,7-10,13-15H2,1-2H3/t16-,18-,22?/m0/s1. The van der Waals surface area contributed by atoms with Crippen molar-refractivity contribution in [1.29, 1.82) is 0 Å². The lowest BCUT2D eigenvalue weighted by Crippen LogP contribution is -2.60. The molecule has 37 heavy (non-hydrogen) atoms. The van der Waals surface area contributed by atoms with Crippen LogP contribution in [-0.4, -0.2) is 96.9 Å². The third-order valence-corrected chi connectivity index (χ3v) is 9.35. The highest BCUT2D eigenvalue weighted by molar-refractivity contribution is 7.90. The molecule has 0 spiro atoms. The normalized spacial score (nSPS) is 24.1. The summed E-state index contributed by atoms with van der Waals surface area (Å²) in [4.78, 5) is 12.7. The number of hydrogen-bond donors (Lipinski definition) is 2. The molecule has 2 fully saturated rings. The SMILES string of the molecule is C[C@H]1COCCN1C[C@H]1CN(S(=O)(=O)c2ccccc2S)CCN1c1ncc(C(C)(O)C(F)(F)F)cn1. The first-order chi connectivity index (χ1) is 17.3. The van der Waals surface area contributed by atoms with Gasteiger partial charge in [0.1, 0.15) is 0 Å². The number of anilines is 1. The fraction of sp³-hybridized carbons (Fsp3) is 0.565. The van der Waals surface area contributed by atoms with Gasteiger partial charge in [-0.25, -0.2) is 18.4 Å². The van der Waals surface area contributed by atoms with Gasteiger partial charge in [-0.2, -0.15) is 17.5 Å². The molecule has 1 unspecified atom stereocenters. The van der Waals surface area contributed by atoms with Crippen LogP contribution in [0.4, 0.5) is 19.1 Å². The van der Waals surface area contributed by atoms with Gasteiger partial charge in [-0.1, -0.05) is 12.1 Å². The molecule has 2 aromatic rings. The summed E-state index contributed by atoms with van der Waals surface area (Å²) in [6, 6.07) is 6.19. The quantitative estimate of drug-likeness (QED) is 0.518. The first kappa shape index (κ1) is 28.0. The van der Waals surface area contributed by atoms with Crippen molar-refractivity contribution in [2.75, 3.05) is 50.8 Å². The number of ether oxygens (including phenoxy) is 1. The van der Waals surface area contributed by atoms with Crippen LogP contribution >= 0.6 is 12.6 Å². The van der Waals surface area contributed by atoms with Gasteiger partial charge < -0.3 is 14.7 Å². The third-order valence-electron chi connectivity index (χ3n) is 6.89. The van der Waals surface area contributed by atoms with E-state index in [1.54, 1.807) is 18.2 Å². The van der Waals surface area contributed by atoms with Gasteiger partial charge in [0.05, 0.1) is 24.2 Å². The van der Waals surface area contributed by atoms with Gasteiger partial charge in [0.2, 0.25) is 16.0 Å². The van der Waals surface area contributed by atoms with Crippen LogP contribution in [0, 0.1) is 0 Å². The number of halogens is 3. The first-order valence-electron chi connectivity index (χ1n) is 11.8. The van der Waals surface area contributed by atoms with Crippen molar-refractivity contribution in [2.24, 2.45) is 0 Å². The first-order valence-corrected chi connectivity index (χ1v) is 13.7. The van der Waals surface area contributed by atoms with Crippen LogP contribution in [0.1, 0.15) is 19.4 Å². The zero-order valence-electron chi connectivity index (χ0n) is 20.5. The number of hydrogen-bond acceptors (Lipinski definition) is 9. The zero-order valence-corrected chi connectivity index (χ0v) is 22.2. The maximum Gasteiger partial charge on any atom is 0.421 e. The Morgan fingerprint density at radius 3 is 2.46 bits per heavy atom. The number of alkyl halides is 3. The molecule has 0 saturated carbocycles. The van der Waals surface area contributed by atoms with E-state index < -0.39 is 27.4 Å². The number of sulfonamides is 1. The lowest BCUT2D eigenvalue weighted by Gasteiger charge is -2.44. The van der Waals surface area contributed by atoms with Crippen LogP contribution in [-0.2, 0) is 20.4 Å².